The molecule has 0 fully saturated rings. The number of aliphatic imine (C=N–C) groups is 1. The highest BCUT2D eigenvalue weighted by molar-refractivity contribution is 5.79. The minimum absolute atomic E-state index is 0.268. The lowest BCUT2D eigenvalue weighted by Gasteiger charge is -2.12. The van der Waals surface area contributed by atoms with Gasteiger partial charge >= 0.3 is 6.18 Å². The van der Waals surface area contributed by atoms with Gasteiger partial charge in [-0.3, -0.25) is 4.40 Å². The van der Waals surface area contributed by atoms with E-state index in [0.717, 1.165) is 17.8 Å². The molecule has 2 aromatic heterocycles. The summed E-state index contributed by atoms with van der Waals surface area (Å²) < 4.78 is 45.0. The molecule has 154 valence electrons. The van der Waals surface area contributed by atoms with Gasteiger partial charge in [0.1, 0.15) is 18.9 Å². The molecule has 0 amide bonds. The topological polar surface area (TPSA) is 75.8 Å². The second-order valence-corrected chi connectivity index (χ2v) is 6.04. The molecule has 2 N–H and O–H groups in total. The fraction of sp³-hybridized carbons (Fsp3) is 0.316. The van der Waals surface area contributed by atoms with Crippen LogP contribution in [0.5, 0.6) is 5.75 Å². The van der Waals surface area contributed by atoms with Crippen LogP contribution in [0.3, 0.4) is 0 Å². The molecule has 0 saturated carbocycles. The molecule has 0 aliphatic carbocycles. The number of nitrogens with zero attached hydrogens (tertiary/aromatic N) is 4. The number of fused-ring (bicyclic) bond motifs is 1. The number of rotatable bonds is 7. The van der Waals surface area contributed by atoms with E-state index in [2.05, 4.69) is 25.8 Å². The summed E-state index contributed by atoms with van der Waals surface area (Å²) >= 11 is 0. The average molecular weight is 406 g/mol. The Balaban J connectivity index is 1.51. The molecule has 7 nitrogen and oxygen atoms in total. The van der Waals surface area contributed by atoms with Crippen molar-refractivity contribution in [1.82, 2.24) is 25.2 Å². The van der Waals surface area contributed by atoms with Gasteiger partial charge in [-0.1, -0.05) is 6.07 Å². The van der Waals surface area contributed by atoms with E-state index in [9.17, 15) is 13.2 Å². The Labute approximate surface area is 165 Å². The van der Waals surface area contributed by atoms with Gasteiger partial charge in [0.25, 0.3) is 0 Å². The number of aromatic nitrogens is 3. The first-order valence-corrected chi connectivity index (χ1v) is 9.08. The molecule has 0 unspecified atom stereocenters. The number of alkyl halides is 3. The molecule has 2 heterocycles. The summed E-state index contributed by atoms with van der Waals surface area (Å²) in [6, 6.07) is 10.2. The third kappa shape index (κ3) is 5.59. The summed E-state index contributed by atoms with van der Waals surface area (Å²) in [7, 11) is 0. The molecule has 3 aromatic rings. The van der Waals surface area contributed by atoms with E-state index in [1.165, 1.54) is 12.1 Å². The minimum Gasteiger partial charge on any atom is -0.492 e. The van der Waals surface area contributed by atoms with Crippen LogP contribution in [-0.2, 0) is 12.7 Å². The van der Waals surface area contributed by atoms with Crippen molar-refractivity contribution >= 4 is 11.6 Å². The molecule has 0 bridgehead atoms. The fourth-order valence-corrected chi connectivity index (χ4v) is 2.57. The van der Waals surface area contributed by atoms with Crippen molar-refractivity contribution in [2.75, 3.05) is 19.7 Å². The second kappa shape index (κ2) is 9.26. The summed E-state index contributed by atoms with van der Waals surface area (Å²) in [4.78, 5) is 4.48. The molecule has 0 aliphatic heterocycles. The molecule has 0 radical (unpaired) electrons. The lowest BCUT2D eigenvalue weighted by Crippen LogP contribution is -2.39. The van der Waals surface area contributed by atoms with E-state index in [1.807, 2.05) is 35.7 Å². The summed E-state index contributed by atoms with van der Waals surface area (Å²) in [5.74, 6) is 1.66. The number of guanidine groups is 1. The highest BCUT2D eigenvalue weighted by Crippen LogP contribution is 2.30. The Morgan fingerprint density at radius 3 is 2.62 bits per heavy atom. The summed E-state index contributed by atoms with van der Waals surface area (Å²) in [6.45, 7) is 3.64. The third-order valence-electron chi connectivity index (χ3n) is 3.95. The van der Waals surface area contributed by atoms with Gasteiger partial charge < -0.3 is 15.4 Å². The summed E-state index contributed by atoms with van der Waals surface area (Å²) in [6.07, 6.45) is -2.48. The van der Waals surface area contributed by atoms with Gasteiger partial charge in [-0.15, -0.1) is 10.2 Å². The first-order chi connectivity index (χ1) is 14.0. The molecular weight excluding hydrogens is 385 g/mol. The summed E-state index contributed by atoms with van der Waals surface area (Å²) in [5.41, 5.74) is 0.0474. The van der Waals surface area contributed by atoms with Crippen molar-refractivity contribution in [2.45, 2.75) is 19.6 Å². The lowest BCUT2D eigenvalue weighted by molar-refractivity contribution is -0.137. The highest BCUT2D eigenvalue weighted by Gasteiger charge is 2.29. The van der Waals surface area contributed by atoms with Crippen LogP contribution in [0, 0.1) is 0 Å². The minimum atomic E-state index is -4.35. The molecule has 1 aromatic carbocycles. The molecule has 0 spiro atoms. The van der Waals surface area contributed by atoms with E-state index in [0.29, 0.717) is 37.2 Å². The van der Waals surface area contributed by atoms with Gasteiger partial charge in [0, 0.05) is 12.7 Å². The zero-order chi connectivity index (χ0) is 20.7. The average Bonchev–Trinajstić information content (AvgIpc) is 3.12. The maximum absolute atomic E-state index is 12.6. The first-order valence-electron chi connectivity index (χ1n) is 9.08. The Morgan fingerprint density at radius 2 is 1.90 bits per heavy atom. The predicted octanol–water partition coefficient (Wildman–Crippen LogP) is 2.88. The third-order valence-corrected chi connectivity index (χ3v) is 3.95. The first kappa shape index (κ1) is 20.4. The molecule has 0 atom stereocenters. The van der Waals surface area contributed by atoms with Gasteiger partial charge in [-0.05, 0) is 43.3 Å². The van der Waals surface area contributed by atoms with Gasteiger partial charge in [0.2, 0.25) is 0 Å². The van der Waals surface area contributed by atoms with Gasteiger partial charge in [0.15, 0.2) is 17.4 Å². The number of hydrogen-bond donors (Lipinski definition) is 2. The molecule has 3 rings (SSSR count). The number of hydrogen-bond acceptors (Lipinski definition) is 4. The van der Waals surface area contributed by atoms with Crippen molar-refractivity contribution in [3.8, 4) is 5.75 Å². The van der Waals surface area contributed by atoms with Crippen LogP contribution in [0.4, 0.5) is 13.2 Å². The Hall–Kier alpha value is -3.30. The quantitative estimate of drug-likeness (QED) is 0.359. The molecule has 10 heteroatoms. The van der Waals surface area contributed by atoms with E-state index in [1.54, 1.807) is 0 Å². The monoisotopic (exact) mass is 406 g/mol. The standard InChI is InChI=1S/C19H21F3N6O/c1-2-23-18(25-13-17-27-26-16-5-3-4-11-28(16)17)24-10-12-29-15-8-6-14(7-9-15)19(20,21)22/h3-9,11H,2,10,12-13H2,1H3,(H2,23,24,25). The van der Waals surface area contributed by atoms with Gasteiger partial charge in [-0.2, -0.15) is 13.2 Å². The zero-order valence-electron chi connectivity index (χ0n) is 15.8. The van der Waals surface area contributed by atoms with E-state index in [-0.39, 0.29) is 6.61 Å². The van der Waals surface area contributed by atoms with Crippen LogP contribution < -0.4 is 15.4 Å². The van der Waals surface area contributed by atoms with Crippen LogP contribution >= 0.6 is 0 Å². The predicted molar refractivity (Wildman–Crippen MR) is 103 cm³/mol. The number of ether oxygens (including phenoxy) is 1. The van der Waals surface area contributed by atoms with Crippen molar-refractivity contribution in [3.05, 3.63) is 60.0 Å². The second-order valence-electron chi connectivity index (χ2n) is 6.04. The van der Waals surface area contributed by atoms with E-state index < -0.39 is 11.7 Å². The van der Waals surface area contributed by atoms with Crippen molar-refractivity contribution in [1.29, 1.82) is 0 Å². The smallest absolute Gasteiger partial charge is 0.416 e. The van der Waals surface area contributed by atoms with Gasteiger partial charge in [-0.25, -0.2) is 4.99 Å². The molecule has 29 heavy (non-hydrogen) atoms. The Kier molecular flexibility index (Phi) is 6.53. The van der Waals surface area contributed by atoms with Crippen LogP contribution in [0.2, 0.25) is 0 Å². The van der Waals surface area contributed by atoms with Crippen LogP contribution in [-0.4, -0.2) is 40.3 Å². The van der Waals surface area contributed by atoms with Crippen LogP contribution in [0.15, 0.2) is 53.7 Å². The number of benzene rings is 1. The number of halogens is 3. The van der Waals surface area contributed by atoms with E-state index >= 15 is 0 Å². The van der Waals surface area contributed by atoms with E-state index in [4.69, 9.17) is 4.74 Å². The highest BCUT2D eigenvalue weighted by atomic mass is 19.4. The molecule has 0 saturated heterocycles. The fourth-order valence-electron chi connectivity index (χ4n) is 2.57. The van der Waals surface area contributed by atoms with Crippen LogP contribution in [0.1, 0.15) is 18.3 Å². The maximum Gasteiger partial charge on any atom is 0.416 e. The zero-order valence-corrected chi connectivity index (χ0v) is 15.8. The van der Waals surface area contributed by atoms with Crippen LogP contribution in [0.25, 0.3) is 5.65 Å². The Bertz CT molecular complexity index is 952. The SMILES string of the molecule is CCNC(=NCc1nnc2ccccn12)NCCOc1ccc(C(F)(F)F)cc1. The van der Waals surface area contributed by atoms with Crippen molar-refractivity contribution in [2.24, 2.45) is 4.99 Å². The molecule has 0 aliphatic rings. The lowest BCUT2D eigenvalue weighted by atomic mass is 10.2. The number of nitrogens with one attached hydrogen (secondary N) is 2. The van der Waals surface area contributed by atoms with Gasteiger partial charge in [0.05, 0.1) is 12.1 Å². The molecular formula is C19H21F3N6O. The summed E-state index contributed by atoms with van der Waals surface area (Å²) in [5, 5.41) is 14.4. The Morgan fingerprint density at radius 1 is 1.10 bits per heavy atom. The largest absolute Gasteiger partial charge is 0.492 e. The van der Waals surface area contributed by atoms with Crippen molar-refractivity contribution < 1.29 is 17.9 Å². The van der Waals surface area contributed by atoms with Crippen molar-refractivity contribution in [3.63, 3.8) is 0 Å². The normalized spacial score (nSPS) is 12.2. The number of pyridine rings is 1. The maximum atomic E-state index is 12.6.